The van der Waals surface area contributed by atoms with Gasteiger partial charge in [-0.3, -0.25) is 4.79 Å². The summed E-state index contributed by atoms with van der Waals surface area (Å²) in [5.74, 6) is 1.16. The highest BCUT2D eigenvalue weighted by molar-refractivity contribution is 6.35. The number of ether oxygens (including phenoxy) is 1. The van der Waals surface area contributed by atoms with Gasteiger partial charge in [-0.25, -0.2) is 0 Å². The largest absolute Gasteiger partial charge is 0.494 e. The second-order valence-electron chi connectivity index (χ2n) is 6.12. The summed E-state index contributed by atoms with van der Waals surface area (Å²) in [5, 5.41) is 6.86. The van der Waals surface area contributed by atoms with Crippen LogP contribution in [0.1, 0.15) is 20.3 Å². The molecule has 0 saturated heterocycles. The molecule has 2 N–H and O–H groups in total. The third kappa shape index (κ3) is 7.24. The maximum absolute atomic E-state index is 12.1. The standard InChI is InChI=1S/C19H22Cl2N2O2/c1-13(2)6-7-25-18-5-3-4-16(11-18)23-19(24)12-22-17-9-14(20)8-15(21)10-17/h3-5,8-11,13,22H,6-7,12H2,1-2H3,(H,23,24). The minimum atomic E-state index is -0.171. The van der Waals surface area contributed by atoms with Gasteiger partial charge in [0.05, 0.1) is 13.2 Å². The maximum atomic E-state index is 12.1. The van der Waals surface area contributed by atoms with E-state index in [1.807, 2.05) is 24.3 Å². The number of hydrogen-bond acceptors (Lipinski definition) is 3. The third-order valence-electron chi connectivity index (χ3n) is 3.40. The monoisotopic (exact) mass is 380 g/mol. The number of anilines is 2. The molecule has 2 aromatic carbocycles. The quantitative estimate of drug-likeness (QED) is 0.638. The Bertz CT molecular complexity index is 700. The minimum Gasteiger partial charge on any atom is -0.494 e. The summed E-state index contributed by atoms with van der Waals surface area (Å²) in [6, 6.07) is 12.4. The Labute approximate surface area is 158 Å². The topological polar surface area (TPSA) is 50.4 Å². The molecule has 0 spiro atoms. The second kappa shape index (κ2) is 9.54. The molecule has 0 aliphatic heterocycles. The van der Waals surface area contributed by atoms with Crippen LogP contribution >= 0.6 is 23.2 Å². The highest BCUT2D eigenvalue weighted by atomic mass is 35.5. The van der Waals surface area contributed by atoms with Crippen molar-refractivity contribution in [1.29, 1.82) is 0 Å². The molecule has 0 saturated carbocycles. The fourth-order valence-electron chi connectivity index (χ4n) is 2.12. The first-order valence-corrected chi connectivity index (χ1v) is 8.90. The molecule has 2 rings (SSSR count). The Kier molecular flexibility index (Phi) is 7.41. The summed E-state index contributed by atoms with van der Waals surface area (Å²) in [7, 11) is 0. The zero-order valence-electron chi connectivity index (χ0n) is 14.3. The number of benzene rings is 2. The molecule has 0 unspecified atom stereocenters. The van der Waals surface area contributed by atoms with Gasteiger partial charge < -0.3 is 15.4 Å². The molecule has 2 aromatic rings. The Morgan fingerprint density at radius 2 is 1.80 bits per heavy atom. The van der Waals surface area contributed by atoms with Crippen molar-refractivity contribution in [1.82, 2.24) is 0 Å². The minimum absolute atomic E-state index is 0.106. The molecule has 0 aliphatic carbocycles. The van der Waals surface area contributed by atoms with E-state index < -0.39 is 0 Å². The lowest BCUT2D eigenvalue weighted by Crippen LogP contribution is -2.21. The first kappa shape index (κ1) is 19.4. The number of rotatable bonds is 8. The van der Waals surface area contributed by atoms with Crippen LogP contribution in [0.3, 0.4) is 0 Å². The van der Waals surface area contributed by atoms with Crippen LogP contribution in [0.15, 0.2) is 42.5 Å². The van der Waals surface area contributed by atoms with Gasteiger partial charge >= 0.3 is 0 Å². The molecule has 1 amide bonds. The summed E-state index contributed by atoms with van der Waals surface area (Å²) >= 11 is 11.9. The smallest absolute Gasteiger partial charge is 0.243 e. The number of hydrogen-bond donors (Lipinski definition) is 2. The predicted octanol–water partition coefficient (Wildman–Crippen LogP) is 5.47. The molecule has 25 heavy (non-hydrogen) atoms. The highest BCUT2D eigenvalue weighted by Gasteiger charge is 2.05. The van der Waals surface area contributed by atoms with Gasteiger partial charge in [0.15, 0.2) is 0 Å². The molecule has 4 nitrogen and oxygen atoms in total. The van der Waals surface area contributed by atoms with Gasteiger partial charge in [-0.1, -0.05) is 43.1 Å². The molecule has 0 aliphatic rings. The molecular formula is C19H22Cl2N2O2. The molecule has 6 heteroatoms. The van der Waals surface area contributed by atoms with Gasteiger partial charge in [-0.05, 0) is 42.7 Å². The van der Waals surface area contributed by atoms with Crippen LogP contribution in [0.5, 0.6) is 5.75 Å². The van der Waals surface area contributed by atoms with Crippen molar-refractivity contribution < 1.29 is 9.53 Å². The lowest BCUT2D eigenvalue weighted by atomic mass is 10.1. The van der Waals surface area contributed by atoms with Crippen LogP contribution in [0.2, 0.25) is 10.0 Å². The molecule has 0 aromatic heterocycles. The normalized spacial score (nSPS) is 10.6. The number of amides is 1. The van der Waals surface area contributed by atoms with Gasteiger partial charge in [-0.15, -0.1) is 0 Å². The van der Waals surface area contributed by atoms with E-state index in [1.165, 1.54) is 0 Å². The summed E-state index contributed by atoms with van der Waals surface area (Å²) in [4.78, 5) is 12.1. The van der Waals surface area contributed by atoms with E-state index in [-0.39, 0.29) is 12.5 Å². The maximum Gasteiger partial charge on any atom is 0.243 e. The van der Waals surface area contributed by atoms with E-state index in [0.717, 1.165) is 12.2 Å². The molecule has 0 bridgehead atoms. The van der Waals surface area contributed by atoms with Crippen LogP contribution in [0.4, 0.5) is 11.4 Å². The summed E-state index contributed by atoms with van der Waals surface area (Å²) < 4.78 is 5.70. The zero-order chi connectivity index (χ0) is 18.2. The van der Waals surface area contributed by atoms with Gasteiger partial charge in [0.2, 0.25) is 5.91 Å². The first-order chi connectivity index (χ1) is 11.9. The van der Waals surface area contributed by atoms with Crippen molar-refractivity contribution in [2.75, 3.05) is 23.8 Å². The fraction of sp³-hybridized carbons (Fsp3) is 0.316. The summed E-state index contributed by atoms with van der Waals surface area (Å²) in [5.41, 5.74) is 1.39. The van der Waals surface area contributed by atoms with Gasteiger partial charge in [0, 0.05) is 27.5 Å². The van der Waals surface area contributed by atoms with E-state index >= 15 is 0 Å². The summed E-state index contributed by atoms with van der Waals surface area (Å²) in [6.07, 6.45) is 0.989. The summed E-state index contributed by atoms with van der Waals surface area (Å²) in [6.45, 7) is 5.07. The molecule has 0 fully saturated rings. The average molecular weight is 381 g/mol. The Balaban J connectivity index is 1.85. The number of halogens is 2. The first-order valence-electron chi connectivity index (χ1n) is 8.15. The van der Waals surface area contributed by atoms with Crippen molar-refractivity contribution in [3.8, 4) is 5.75 Å². The molecule has 134 valence electrons. The molecule has 0 atom stereocenters. The Morgan fingerprint density at radius 1 is 1.08 bits per heavy atom. The SMILES string of the molecule is CC(C)CCOc1cccc(NC(=O)CNc2cc(Cl)cc(Cl)c2)c1. The number of carbonyl (C=O) groups is 1. The second-order valence-corrected chi connectivity index (χ2v) is 6.99. The van der Waals surface area contributed by atoms with Crippen LogP contribution < -0.4 is 15.4 Å². The lowest BCUT2D eigenvalue weighted by molar-refractivity contribution is -0.114. The van der Waals surface area contributed by atoms with Crippen molar-refractivity contribution in [3.63, 3.8) is 0 Å². The fourth-order valence-corrected chi connectivity index (χ4v) is 2.65. The Hall–Kier alpha value is -1.91. The van der Waals surface area contributed by atoms with Gasteiger partial charge in [0.25, 0.3) is 0 Å². The number of carbonyl (C=O) groups excluding carboxylic acids is 1. The van der Waals surface area contributed by atoms with Crippen LogP contribution in [-0.4, -0.2) is 19.1 Å². The third-order valence-corrected chi connectivity index (χ3v) is 3.83. The average Bonchev–Trinajstić information content (AvgIpc) is 2.52. The van der Waals surface area contributed by atoms with Gasteiger partial charge in [-0.2, -0.15) is 0 Å². The van der Waals surface area contributed by atoms with E-state index in [9.17, 15) is 4.79 Å². The zero-order valence-corrected chi connectivity index (χ0v) is 15.8. The van der Waals surface area contributed by atoms with Crippen molar-refractivity contribution in [2.45, 2.75) is 20.3 Å². The predicted molar refractivity (Wildman–Crippen MR) is 105 cm³/mol. The Morgan fingerprint density at radius 3 is 2.48 bits per heavy atom. The van der Waals surface area contributed by atoms with Gasteiger partial charge in [0.1, 0.15) is 5.75 Å². The van der Waals surface area contributed by atoms with E-state index in [2.05, 4.69) is 24.5 Å². The molecular weight excluding hydrogens is 359 g/mol. The number of nitrogens with one attached hydrogen (secondary N) is 2. The lowest BCUT2D eigenvalue weighted by Gasteiger charge is -2.11. The van der Waals surface area contributed by atoms with Crippen molar-refractivity contribution in [2.24, 2.45) is 5.92 Å². The highest BCUT2D eigenvalue weighted by Crippen LogP contribution is 2.22. The van der Waals surface area contributed by atoms with Crippen LogP contribution in [0.25, 0.3) is 0 Å². The van der Waals surface area contributed by atoms with E-state index in [0.29, 0.717) is 33.9 Å². The van der Waals surface area contributed by atoms with Crippen molar-refractivity contribution >= 4 is 40.5 Å². The van der Waals surface area contributed by atoms with E-state index in [4.69, 9.17) is 27.9 Å². The molecule has 0 radical (unpaired) electrons. The van der Waals surface area contributed by atoms with E-state index in [1.54, 1.807) is 18.2 Å². The van der Waals surface area contributed by atoms with Crippen molar-refractivity contribution in [3.05, 3.63) is 52.5 Å². The van der Waals surface area contributed by atoms with Crippen LogP contribution in [-0.2, 0) is 4.79 Å². The molecule has 0 heterocycles. The van der Waals surface area contributed by atoms with Crippen LogP contribution in [0, 0.1) is 5.92 Å².